The maximum absolute atomic E-state index is 8.36. The van der Waals surface area contributed by atoms with Crippen LogP contribution in [0.2, 0.25) is 0 Å². The van der Waals surface area contributed by atoms with Crippen molar-refractivity contribution < 1.29 is 29.2 Å². The Hall–Kier alpha value is -0.920. The number of allylic oxidation sites excluding steroid dienone is 2. The van der Waals surface area contributed by atoms with E-state index in [9.17, 15) is 0 Å². The molecule has 6 heteroatoms. The Kier molecular flexibility index (Phi) is 24.8. The van der Waals surface area contributed by atoms with Gasteiger partial charge in [-0.05, 0) is 13.8 Å². The minimum absolute atomic E-state index is 0.0413. The fourth-order valence-electron chi connectivity index (χ4n) is 0.873. The predicted octanol–water partition coefficient (Wildman–Crippen LogP) is 1.09. The van der Waals surface area contributed by atoms with Gasteiger partial charge in [-0.2, -0.15) is 0 Å². The van der Waals surface area contributed by atoms with Crippen LogP contribution in [0.25, 0.3) is 0 Å². The lowest BCUT2D eigenvalue weighted by molar-refractivity contribution is 0.00230. The topological polar surface area (TPSA) is 77.4 Å². The molecule has 0 rings (SSSR count). The molecule has 0 aromatic rings. The number of aliphatic hydroxyl groups excluding tert-OH is 2. The van der Waals surface area contributed by atoms with Gasteiger partial charge in [0.1, 0.15) is 0 Å². The lowest BCUT2D eigenvalue weighted by Crippen LogP contribution is -2.11. The number of rotatable bonds is 12. The van der Waals surface area contributed by atoms with Crippen LogP contribution in [0.3, 0.4) is 0 Å². The Bertz CT molecular complexity index is 186. The van der Waals surface area contributed by atoms with Crippen molar-refractivity contribution in [3.05, 3.63) is 24.7 Å². The van der Waals surface area contributed by atoms with Gasteiger partial charge in [0.05, 0.1) is 65.4 Å². The Morgan fingerprint density at radius 3 is 1.30 bits per heavy atom. The Morgan fingerprint density at radius 1 is 0.650 bits per heavy atom. The van der Waals surface area contributed by atoms with E-state index in [1.54, 1.807) is 12.5 Å². The lowest BCUT2D eigenvalue weighted by atomic mass is 10.7. The van der Waals surface area contributed by atoms with Crippen LogP contribution < -0.4 is 0 Å². The molecule has 120 valence electrons. The van der Waals surface area contributed by atoms with Crippen molar-refractivity contribution in [3.63, 3.8) is 0 Å². The minimum Gasteiger partial charge on any atom is -0.473 e. The summed E-state index contributed by atoms with van der Waals surface area (Å²) in [5.41, 5.74) is 0. The number of aliphatic hydroxyl groups is 2. The summed E-state index contributed by atoms with van der Waals surface area (Å²) in [6, 6.07) is 0. The van der Waals surface area contributed by atoms with Gasteiger partial charge < -0.3 is 29.2 Å². The second-order valence-electron chi connectivity index (χ2n) is 3.36. The maximum Gasteiger partial charge on any atom is 0.0858 e. The van der Waals surface area contributed by atoms with Gasteiger partial charge >= 0.3 is 0 Å². The third-order valence-electron chi connectivity index (χ3n) is 1.64. The van der Waals surface area contributed by atoms with E-state index in [0.29, 0.717) is 39.6 Å². The van der Waals surface area contributed by atoms with Gasteiger partial charge in [0.2, 0.25) is 0 Å². The van der Waals surface area contributed by atoms with Crippen molar-refractivity contribution in [2.75, 3.05) is 52.9 Å². The molecule has 0 fully saturated rings. The minimum atomic E-state index is 0.0413. The summed E-state index contributed by atoms with van der Waals surface area (Å²) in [6.45, 7) is 6.58. The second kappa shape index (κ2) is 23.2. The van der Waals surface area contributed by atoms with E-state index in [1.165, 1.54) is 0 Å². The first-order valence-corrected chi connectivity index (χ1v) is 6.66. The Morgan fingerprint density at radius 2 is 1.00 bits per heavy atom. The first kappa shape index (κ1) is 21.4. The zero-order chi connectivity index (χ0) is 15.3. The van der Waals surface area contributed by atoms with Crippen LogP contribution in [-0.2, 0) is 18.9 Å². The summed E-state index contributed by atoms with van der Waals surface area (Å²) in [6.07, 6.45) is 6.92. The smallest absolute Gasteiger partial charge is 0.0858 e. The zero-order valence-electron chi connectivity index (χ0n) is 12.5. The van der Waals surface area contributed by atoms with Gasteiger partial charge in [-0.3, -0.25) is 0 Å². The first-order chi connectivity index (χ1) is 9.83. The molecule has 0 aromatic carbocycles. The van der Waals surface area contributed by atoms with Crippen LogP contribution in [0.5, 0.6) is 0 Å². The van der Waals surface area contributed by atoms with Crippen LogP contribution in [-0.4, -0.2) is 63.1 Å². The quantitative estimate of drug-likeness (QED) is 0.414. The lowest BCUT2D eigenvalue weighted by Gasteiger charge is -2.04. The molecule has 0 saturated carbocycles. The highest BCUT2D eigenvalue weighted by atomic mass is 16.5. The predicted molar refractivity (Wildman–Crippen MR) is 77.3 cm³/mol. The van der Waals surface area contributed by atoms with E-state index in [4.69, 9.17) is 29.2 Å². The van der Waals surface area contributed by atoms with Crippen LogP contribution in [0.15, 0.2) is 24.7 Å². The molecule has 0 spiro atoms. The summed E-state index contributed by atoms with van der Waals surface area (Å²) >= 11 is 0. The molecule has 0 aromatic heterocycles. The fourth-order valence-corrected chi connectivity index (χ4v) is 0.873. The normalized spacial score (nSPS) is 10.8. The van der Waals surface area contributed by atoms with Crippen LogP contribution in [0.1, 0.15) is 13.8 Å². The van der Waals surface area contributed by atoms with E-state index in [1.807, 2.05) is 26.0 Å². The monoisotopic (exact) mass is 292 g/mol. The molecular weight excluding hydrogens is 264 g/mol. The van der Waals surface area contributed by atoms with Gasteiger partial charge in [-0.25, -0.2) is 0 Å². The SMILES string of the molecule is C/C=C\O/C=C\C.OCCOCCOCCOCCO. The van der Waals surface area contributed by atoms with Crippen LogP contribution >= 0.6 is 0 Å². The molecule has 0 aliphatic heterocycles. The Balaban J connectivity index is 0. The summed E-state index contributed by atoms with van der Waals surface area (Å²) in [5, 5.41) is 16.7. The van der Waals surface area contributed by atoms with Gasteiger partial charge in [-0.1, -0.05) is 12.2 Å². The Labute approximate surface area is 121 Å². The van der Waals surface area contributed by atoms with E-state index >= 15 is 0 Å². The van der Waals surface area contributed by atoms with E-state index in [0.717, 1.165) is 0 Å². The average molecular weight is 292 g/mol. The molecule has 0 aliphatic rings. The summed E-state index contributed by atoms with van der Waals surface area (Å²) in [5.74, 6) is 0. The number of ether oxygens (including phenoxy) is 4. The molecule has 0 heterocycles. The summed E-state index contributed by atoms with van der Waals surface area (Å²) in [7, 11) is 0. The summed E-state index contributed by atoms with van der Waals surface area (Å²) in [4.78, 5) is 0. The molecule has 0 unspecified atom stereocenters. The highest BCUT2D eigenvalue weighted by molar-refractivity contribution is 4.73. The van der Waals surface area contributed by atoms with Crippen LogP contribution in [0.4, 0.5) is 0 Å². The van der Waals surface area contributed by atoms with Crippen molar-refractivity contribution >= 4 is 0 Å². The van der Waals surface area contributed by atoms with Crippen molar-refractivity contribution in [1.29, 1.82) is 0 Å². The standard InChI is InChI=1S/C8H18O5.C6H10O/c9-1-3-11-5-7-13-8-6-12-4-2-10;1-3-5-7-6-4-2/h9-10H,1-8H2;3-6H,1-2H3/b;5-3-,6-4-. The van der Waals surface area contributed by atoms with Crippen molar-refractivity contribution in [1.82, 2.24) is 0 Å². The molecule has 0 bridgehead atoms. The van der Waals surface area contributed by atoms with Crippen LogP contribution in [0, 0.1) is 0 Å². The molecule has 0 amide bonds. The van der Waals surface area contributed by atoms with Crippen molar-refractivity contribution in [2.24, 2.45) is 0 Å². The fraction of sp³-hybridized carbons (Fsp3) is 0.714. The van der Waals surface area contributed by atoms with Crippen molar-refractivity contribution in [3.8, 4) is 0 Å². The largest absolute Gasteiger partial charge is 0.473 e. The number of hydrogen-bond acceptors (Lipinski definition) is 6. The van der Waals surface area contributed by atoms with Crippen molar-refractivity contribution in [2.45, 2.75) is 13.8 Å². The highest BCUT2D eigenvalue weighted by Gasteiger charge is 1.89. The first-order valence-electron chi connectivity index (χ1n) is 6.66. The van der Waals surface area contributed by atoms with E-state index in [2.05, 4.69) is 0 Å². The average Bonchev–Trinajstić information content (AvgIpc) is 2.47. The molecule has 20 heavy (non-hydrogen) atoms. The zero-order valence-corrected chi connectivity index (χ0v) is 12.5. The maximum atomic E-state index is 8.36. The second-order valence-corrected chi connectivity index (χ2v) is 3.36. The van der Waals surface area contributed by atoms with E-state index < -0.39 is 0 Å². The van der Waals surface area contributed by atoms with Gasteiger partial charge in [0, 0.05) is 0 Å². The molecule has 0 aliphatic carbocycles. The van der Waals surface area contributed by atoms with Gasteiger partial charge in [0.25, 0.3) is 0 Å². The van der Waals surface area contributed by atoms with Gasteiger partial charge in [-0.15, -0.1) is 0 Å². The summed E-state index contributed by atoms with van der Waals surface area (Å²) < 4.78 is 19.8. The molecule has 0 atom stereocenters. The molecule has 0 saturated heterocycles. The molecule has 2 N–H and O–H groups in total. The molecule has 6 nitrogen and oxygen atoms in total. The molecular formula is C14H28O6. The molecule has 0 radical (unpaired) electrons. The van der Waals surface area contributed by atoms with Gasteiger partial charge in [0.15, 0.2) is 0 Å². The van der Waals surface area contributed by atoms with E-state index in [-0.39, 0.29) is 13.2 Å². The third kappa shape index (κ3) is 25.8. The number of hydrogen-bond donors (Lipinski definition) is 2. The third-order valence-corrected chi connectivity index (χ3v) is 1.64. The highest BCUT2D eigenvalue weighted by Crippen LogP contribution is 1.80.